The summed E-state index contributed by atoms with van der Waals surface area (Å²) in [4.78, 5) is 17.3. The van der Waals surface area contributed by atoms with Crippen molar-refractivity contribution in [1.82, 2.24) is 10.3 Å². The predicted octanol–water partition coefficient (Wildman–Crippen LogP) is 2.73. The summed E-state index contributed by atoms with van der Waals surface area (Å²) in [5.41, 5.74) is 1.12. The fourth-order valence-electron chi connectivity index (χ4n) is 1.54. The van der Waals surface area contributed by atoms with Crippen LogP contribution in [0.15, 0.2) is 0 Å². The number of carbonyl (C=O) groups is 1. The minimum absolute atomic E-state index is 0.0168. The first-order chi connectivity index (χ1) is 8.31. The number of amides is 1. The molecule has 0 saturated carbocycles. The van der Waals surface area contributed by atoms with Gasteiger partial charge in [0.1, 0.15) is 0 Å². The van der Waals surface area contributed by atoms with E-state index in [2.05, 4.69) is 43.3 Å². The van der Waals surface area contributed by atoms with Crippen molar-refractivity contribution in [3.8, 4) is 0 Å². The van der Waals surface area contributed by atoms with Crippen molar-refractivity contribution < 1.29 is 4.79 Å². The second-order valence-electron chi connectivity index (χ2n) is 5.35. The van der Waals surface area contributed by atoms with E-state index in [9.17, 15) is 4.79 Å². The van der Waals surface area contributed by atoms with E-state index in [4.69, 9.17) is 0 Å². The van der Waals surface area contributed by atoms with E-state index in [1.54, 1.807) is 11.3 Å². The lowest BCUT2D eigenvalue weighted by Crippen LogP contribution is -2.37. The van der Waals surface area contributed by atoms with Gasteiger partial charge in [-0.25, -0.2) is 4.98 Å². The van der Waals surface area contributed by atoms with Crippen molar-refractivity contribution in [2.75, 3.05) is 11.9 Å². The smallest absolute Gasteiger partial charge is 0.227 e. The van der Waals surface area contributed by atoms with E-state index in [0.717, 1.165) is 12.1 Å². The van der Waals surface area contributed by atoms with Crippen LogP contribution in [0, 0.1) is 6.92 Å². The third-order valence-corrected chi connectivity index (χ3v) is 3.41. The Kier molecular flexibility index (Phi) is 5.28. The van der Waals surface area contributed by atoms with Crippen LogP contribution in [0.4, 0.5) is 5.13 Å². The molecule has 0 fully saturated rings. The standard InChI is InChI=1S/C13H23N3OS/c1-6-10-9(2)18-12(15-10)16-11(17)7-8-14-13(3,4)5/h14H,6-8H2,1-5H3,(H,15,16,17). The van der Waals surface area contributed by atoms with Crippen LogP contribution in [0.2, 0.25) is 0 Å². The minimum atomic E-state index is 0.0168. The molecule has 0 aliphatic heterocycles. The molecule has 18 heavy (non-hydrogen) atoms. The summed E-state index contributed by atoms with van der Waals surface area (Å²) < 4.78 is 0. The van der Waals surface area contributed by atoms with Crippen molar-refractivity contribution in [2.24, 2.45) is 0 Å². The van der Waals surface area contributed by atoms with Crippen LogP contribution in [-0.2, 0) is 11.2 Å². The lowest BCUT2D eigenvalue weighted by Gasteiger charge is -2.19. The Morgan fingerprint density at radius 1 is 1.39 bits per heavy atom. The third kappa shape index (κ3) is 5.14. The van der Waals surface area contributed by atoms with Crippen molar-refractivity contribution in [3.05, 3.63) is 10.6 Å². The van der Waals surface area contributed by atoms with E-state index < -0.39 is 0 Å². The van der Waals surface area contributed by atoms with Gasteiger partial charge >= 0.3 is 0 Å². The highest BCUT2D eigenvalue weighted by molar-refractivity contribution is 7.15. The van der Waals surface area contributed by atoms with Gasteiger partial charge in [0.15, 0.2) is 5.13 Å². The number of carbonyl (C=O) groups excluding carboxylic acids is 1. The molecule has 0 spiro atoms. The Bertz CT molecular complexity index is 407. The largest absolute Gasteiger partial charge is 0.312 e. The van der Waals surface area contributed by atoms with Gasteiger partial charge in [-0.2, -0.15) is 0 Å². The van der Waals surface area contributed by atoms with Gasteiger partial charge in [-0.1, -0.05) is 6.92 Å². The van der Waals surface area contributed by atoms with Gasteiger partial charge in [0.2, 0.25) is 5.91 Å². The van der Waals surface area contributed by atoms with Gasteiger partial charge in [-0.15, -0.1) is 11.3 Å². The molecule has 0 aromatic carbocycles. The Morgan fingerprint density at radius 2 is 2.06 bits per heavy atom. The first-order valence-corrected chi connectivity index (χ1v) is 7.14. The summed E-state index contributed by atoms with van der Waals surface area (Å²) in [6.45, 7) is 11.0. The van der Waals surface area contributed by atoms with Crippen LogP contribution in [0.5, 0.6) is 0 Å². The number of thiazole rings is 1. The van der Waals surface area contributed by atoms with Gasteiger partial charge < -0.3 is 10.6 Å². The molecule has 0 saturated heterocycles. The normalized spacial score (nSPS) is 11.6. The zero-order valence-corrected chi connectivity index (χ0v) is 12.7. The Balaban J connectivity index is 2.40. The van der Waals surface area contributed by atoms with E-state index in [-0.39, 0.29) is 11.4 Å². The molecule has 5 heteroatoms. The SMILES string of the molecule is CCc1nc(NC(=O)CCNC(C)(C)C)sc1C. The fourth-order valence-corrected chi connectivity index (χ4v) is 2.46. The molecule has 1 amide bonds. The van der Waals surface area contributed by atoms with Gasteiger partial charge in [0.25, 0.3) is 0 Å². The molecule has 1 heterocycles. The van der Waals surface area contributed by atoms with Crippen LogP contribution in [0.25, 0.3) is 0 Å². The maximum absolute atomic E-state index is 11.7. The predicted molar refractivity (Wildman–Crippen MR) is 77.2 cm³/mol. The van der Waals surface area contributed by atoms with E-state index in [1.807, 2.05) is 6.92 Å². The molecule has 1 aromatic heterocycles. The molecule has 4 nitrogen and oxygen atoms in total. The number of rotatable bonds is 5. The molecule has 0 atom stereocenters. The summed E-state index contributed by atoms with van der Waals surface area (Å²) >= 11 is 1.54. The molecule has 1 aromatic rings. The second-order valence-corrected chi connectivity index (χ2v) is 6.55. The van der Waals surface area contributed by atoms with Gasteiger partial charge in [-0.05, 0) is 34.1 Å². The number of aryl methyl sites for hydroxylation is 2. The van der Waals surface area contributed by atoms with Crippen molar-refractivity contribution in [3.63, 3.8) is 0 Å². The Labute approximate surface area is 113 Å². The van der Waals surface area contributed by atoms with Crippen molar-refractivity contribution >= 4 is 22.4 Å². The quantitative estimate of drug-likeness (QED) is 0.864. The highest BCUT2D eigenvalue weighted by Gasteiger charge is 2.11. The molecular weight excluding hydrogens is 246 g/mol. The van der Waals surface area contributed by atoms with E-state index in [1.165, 1.54) is 4.88 Å². The molecule has 1 rings (SSSR count). The van der Waals surface area contributed by atoms with Crippen LogP contribution < -0.4 is 10.6 Å². The molecule has 0 bridgehead atoms. The summed E-state index contributed by atoms with van der Waals surface area (Å²) in [6.07, 6.45) is 1.38. The first-order valence-electron chi connectivity index (χ1n) is 6.33. The maximum Gasteiger partial charge on any atom is 0.227 e. The highest BCUT2D eigenvalue weighted by atomic mass is 32.1. The zero-order chi connectivity index (χ0) is 13.8. The first kappa shape index (κ1) is 15.1. The fraction of sp³-hybridized carbons (Fsp3) is 0.692. The van der Waals surface area contributed by atoms with Gasteiger partial charge in [0.05, 0.1) is 5.69 Å². The van der Waals surface area contributed by atoms with E-state index in [0.29, 0.717) is 18.1 Å². The topological polar surface area (TPSA) is 54.0 Å². The van der Waals surface area contributed by atoms with Crippen LogP contribution in [-0.4, -0.2) is 23.0 Å². The lowest BCUT2D eigenvalue weighted by atomic mass is 10.1. The minimum Gasteiger partial charge on any atom is -0.312 e. The number of hydrogen-bond donors (Lipinski definition) is 2. The molecule has 0 radical (unpaired) electrons. The van der Waals surface area contributed by atoms with Crippen LogP contribution in [0.1, 0.15) is 44.7 Å². The van der Waals surface area contributed by atoms with Crippen LogP contribution >= 0.6 is 11.3 Å². The molecule has 0 unspecified atom stereocenters. The van der Waals surface area contributed by atoms with Gasteiger partial charge in [-0.3, -0.25) is 4.79 Å². The zero-order valence-electron chi connectivity index (χ0n) is 11.9. The second kappa shape index (κ2) is 6.29. The summed E-state index contributed by atoms with van der Waals surface area (Å²) in [6, 6.07) is 0. The Morgan fingerprint density at radius 3 is 2.56 bits per heavy atom. The highest BCUT2D eigenvalue weighted by Crippen LogP contribution is 2.22. The molecular formula is C13H23N3OS. The number of hydrogen-bond acceptors (Lipinski definition) is 4. The summed E-state index contributed by atoms with van der Waals surface area (Å²) in [5.74, 6) is 0.0168. The summed E-state index contributed by atoms with van der Waals surface area (Å²) in [7, 11) is 0. The average Bonchev–Trinajstić information content (AvgIpc) is 2.56. The maximum atomic E-state index is 11.7. The lowest BCUT2D eigenvalue weighted by molar-refractivity contribution is -0.116. The Hall–Kier alpha value is -0.940. The van der Waals surface area contributed by atoms with E-state index >= 15 is 0 Å². The summed E-state index contributed by atoms with van der Waals surface area (Å²) in [5, 5.41) is 6.85. The number of nitrogens with one attached hydrogen (secondary N) is 2. The van der Waals surface area contributed by atoms with Gasteiger partial charge in [0, 0.05) is 23.4 Å². The molecule has 0 aliphatic carbocycles. The third-order valence-electron chi connectivity index (χ3n) is 2.48. The monoisotopic (exact) mass is 269 g/mol. The number of anilines is 1. The number of aromatic nitrogens is 1. The molecule has 0 aliphatic rings. The molecule has 102 valence electrons. The van der Waals surface area contributed by atoms with Crippen molar-refractivity contribution in [2.45, 2.75) is 53.0 Å². The molecule has 2 N–H and O–H groups in total. The van der Waals surface area contributed by atoms with Crippen molar-refractivity contribution in [1.29, 1.82) is 0 Å². The van der Waals surface area contributed by atoms with Crippen LogP contribution in [0.3, 0.4) is 0 Å². The average molecular weight is 269 g/mol. The number of nitrogens with zero attached hydrogens (tertiary/aromatic N) is 1.